The molecule has 2 saturated heterocycles. The summed E-state index contributed by atoms with van der Waals surface area (Å²) < 4.78 is 11.3. The van der Waals surface area contributed by atoms with Crippen LogP contribution in [0.4, 0.5) is 0 Å². The summed E-state index contributed by atoms with van der Waals surface area (Å²) in [5.74, 6) is 6.53. The molecule has 2 atom stereocenters. The fourth-order valence-electron chi connectivity index (χ4n) is 3.19. The molecule has 1 aromatic carbocycles. The molecule has 2 heterocycles. The van der Waals surface area contributed by atoms with Crippen molar-refractivity contribution < 1.29 is 14.6 Å². The molecule has 2 unspecified atom stereocenters. The number of morpholine rings is 1. The predicted molar refractivity (Wildman–Crippen MR) is 80.1 cm³/mol. The predicted octanol–water partition coefficient (Wildman–Crippen LogP) is 1.40. The van der Waals surface area contributed by atoms with Gasteiger partial charge in [0.05, 0.1) is 19.3 Å². The zero-order valence-electron chi connectivity index (χ0n) is 12.3. The summed E-state index contributed by atoms with van der Waals surface area (Å²) in [4.78, 5) is 2.44. The zero-order valence-corrected chi connectivity index (χ0v) is 12.3. The van der Waals surface area contributed by atoms with Gasteiger partial charge in [-0.25, -0.2) is 0 Å². The Balaban J connectivity index is 1.76. The van der Waals surface area contributed by atoms with Gasteiger partial charge in [-0.2, -0.15) is 0 Å². The van der Waals surface area contributed by atoms with Crippen molar-refractivity contribution >= 4 is 0 Å². The van der Waals surface area contributed by atoms with Crippen LogP contribution in [0.5, 0.6) is 5.75 Å². The quantitative estimate of drug-likeness (QED) is 0.853. The van der Waals surface area contributed by atoms with Crippen LogP contribution < -0.4 is 4.74 Å². The first-order chi connectivity index (χ1) is 10.3. The maximum absolute atomic E-state index is 8.80. The fraction of sp³-hybridized carbons (Fsp3) is 0.529. The smallest absolute Gasteiger partial charge is 0.123 e. The van der Waals surface area contributed by atoms with E-state index in [0.29, 0.717) is 12.2 Å². The molecule has 4 heteroatoms. The van der Waals surface area contributed by atoms with Crippen LogP contribution >= 0.6 is 0 Å². The summed E-state index contributed by atoms with van der Waals surface area (Å²) >= 11 is 0. The maximum Gasteiger partial charge on any atom is 0.123 e. The first-order valence-corrected chi connectivity index (χ1v) is 7.43. The molecule has 0 aromatic heterocycles. The third-order valence-corrected chi connectivity index (χ3v) is 4.11. The van der Waals surface area contributed by atoms with E-state index in [0.717, 1.165) is 36.5 Å². The van der Waals surface area contributed by atoms with Crippen molar-refractivity contribution in [3.8, 4) is 17.6 Å². The number of aliphatic hydroxyl groups excluding tert-OH is 1. The summed E-state index contributed by atoms with van der Waals surface area (Å²) in [6, 6.07) is 5.93. The van der Waals surface area contributed by atoms with Crippen molar-refractivity contribution in [1.82, 2.24) is 4.90 Å². The highest BCUT2D eigenvalue weighted by Crippen LogP contribution is 2.29. The van der Waals surface area contributed by atoms with Crippen molar-refractivity contribution in [1.29, 1.82) is 0 Å². The van der Waals surface area contributed by atoms with E-state index in [1.54, 1.807) is 7.11 Å². The van der Waals surface area contributed by atoms with Crippen LogP contribution in [-0.2, 0) is 11.3 Å². The molecule has 112 valence electrons. The summed E-state index contributed by atoms with van der Waals surface area (Å²) in [5.41, 5.74) is 2.06. The van der Waals surface area contributed by atoms with Crippen LogP contribution in [0.3, 0.4) is 0 Å². The Bertz CT molecular complexity index is 549. The normalized spacial score (nSPS) is 24.5. The molecule has 1 aromatic rings. The number of fused-ring (bicyclic) bond motifs is 2. The van der Waals surface area contributed by atoms with E-state index < -0.39 is 0 Å². The number of rotatable bonds is 3. The second kappa shape index (κ2) is 6.48. The number of hydrogen-bond donors (Lipinski definition) is 1. The van der Waals surface area contributed by atoms with E-state index in [1.807, 2.05) is 12.1 Å². The lowest BCUT2D eigenvalue weighted by atomic mass is 10.1. The zero-order chi connectivity index (χ0) is 14.7. The van der Waals surface area contributed by atoms with Crippen molar-refractivity contribution in [2.75, 3.05) is 26.8 Å². The van der Waals surface area contributed by atoms with Gasteiger partial charge in [-0.1, -0.05) is 11.8 Å². The average Bonchev–Trinajstić information content (AvgIpc) is 2.84. The van der Waals surface area contributed by atoms with Crippen LogP contribution in [0, 0.1) is 11.8 Å². The van der Waals surface area contributed by atoms with E-state index in [1.165, 1.54) is 12.8 Å². The first-order valence-electron chi connectivity index (χ1n) is 7.43. The van der Waals surface area contributed by atoms with Crippen LogP contribution in [0.15, 0.2) is 18.2 Å². The lowest BCUT2D eigenvalue weighted by Crippen LogP contribution is -2.42. The third-order valence-electron chi connectivity index (χ3n) is 4.11. The molecule has 0 aliphatic carbocycles. The molecule has 3 rings (SSSR count). The minimum atomic E-state index is -0.117. The molecule has 21 heavy (non-hydrogen) atoms. The Hall–Kier alpha value is -1.54. The molecular weight excluding hydrogens is 266 g/mol. The molecule has 2 aliphatic heterocycles. The summed E-state index contributed by atoms with van der Waals surface area (Å²) in [5, 5.41) is 8.80. The molecule has 1 N–H and O–H groups in total. The van der Waals surface area contributed by atoms with Gasteiger partial charge in [0.2, 0.25) is 0 Å². The van der Waals surface area contributed by atoms with E-state index in [9.17, 15) is 0 Å². The monoisotopic (exact) mass is 287 g/mol. The summed E-state index contributed by atoms with van der Waals surface area (Å²) in [6.45, 7) is 2.72. The van der Waals surface area contributed by atoms with Gasteiger partial charge in [0.25, 0.3) is 0 Å². The Morgan fingerprint density at radius 2 is 2.10 bits per heavy atom. The minimum Gasteiger partial charge on any atom is -0.496 e. The lowest BCUT2D eigenvalue weighted by molar-refractivity contribution is -0.0412. The largest absolute Gasteiger partial charge is 0.496 e. The molecular formula is C17H21NO3. The molecule has 4 nitrogen and oxygen atoms in total. The van der Waals surface area contributed by atoms with Gasteiger partial charge in [0.15, 0.2) is 0 Å². The summed E-state index contributed by atoms with van der Waals surface area (Å²) in [7, 11) is 1.70. The SMILES string of the molecule is COc1ccc(C#CCO)cc1CN1CC2CCC(C1)O2. The first kappa shape index (κ1) is 14.4. The molecule has 0 amide bonds. The number of benzene rings is 1. The van der Waals surface area contributed by atoms with Gasteiger partial charge < -0.3 is 14.6 Å². The standard InChI is InChI=1S/C17H21NO3/c1-20-17-7-4-13(3-2-8-19)9-14(17)10-18-11-15-5-6-16(12-18)21-15/h4,7,9,15-16,19H,5-6,8,10-12H2,1H3. The number of nitrogens with zero attached hydrogens (tertiary/aromatic N) is 1. The van der Waals surface area contributed by atoms with Crippen LogP contribution in [0.2, 0.25) is 0 Å². The Morgan fingerprint density at radius 3 is 2.76 bits per heavy atom. The molecule has 2 bridgehead atoms. The highest BCUT2D eigenvalue weighted by molar-refractivity contribution is 5.44. The van der Waals surface area contributed by atoms with Crippen molar-refractivity contribution in [2.24, 2.45) is 0 Å². The highest BCUT2D eigenvalue weighted by atomic mass is 16.5. The van der Waals surface area contributed by atoms with Gasteiger partial charge in [0, 0.05) is 30.8 Å². The lowest BCUT2D eigenvalue weighted by Gasteiger charge is -2.32. The van der Waals surface area contributed by atoms with Crippen molar-refractivity contribution in [3.63, 3.8) is 0 Å². The van der Waals surface area contributed by atoms with Crippen LogP contribution in [-0.4, -0.2) is 49.0 Å². The molecule has 2 aliphatic rings. The molecule has 0 radical (unpaired) electrons. The van der Waals surface area contributed by atoms with Gasteiger partial charge in [0.1, 0.15) is 12.4 Å². The van der Waals surface area contributed by atoms with E-state index >= 15 is 0 Å². The molecule has 0 spiro atoms. The van der Waals surface area contributed by atoms with Gasteiger partial charge in [-0.15, -0.1) is 0 Å². The van der Waals surface area contributed by atoms with Crippen molar-refractivity contribution in [3.05, 3.63) is 29.3 Å². The highest BCUT2D eigenvalue weighted by Gasteiger charge is 2.33. The maximum atomic E-state index is 8.80. The second-order valence-corrected chi connectivity index (χ2v) is 5.64. The third kappa shape index (κ3) is 3.38. The van der Waals surface area contributed by atoms with E-state index in [-0.39, 0.29) is 6.61 Å². The van der Waals surface area contributed by atoms with Gasteiger partial charge in [-0.05, 0) is 31.0 Å². The van der Waals surface area contributed by atoms with Crippen molar-refractivity contribution in [2.45, 2.75) is 31.6 Å². The van der Waals surface area contributed by atoms with Gasteiger partial charge >= 0.3 is 0 Å². The number of aliphatic hydroxyl groups is 1. The second-order valence-electron chi connectivity index (χ2n) is 5.64. The Morgan fingerprint density at radius 1 is 1.33 bits per heavy atom. The average molecular weight is 287 g/mol. The topological polar surface area (TPSA) is 41.9 Å². The minimum absolute atomic E-state index is 0.117. The number of hydrogen-bond acceptors (Lipinski definition) is 4. The number of ether oxygens (including phenoxy) is 2. The number of methoxy groups -OCH3 is 1. The summed E-state index contributed by atoms with van der Waals surface area (Å²) in [6.07, 6.45) is 3.15. The van der Waals surface area contributed by atoms with Crippen LogP contribution in [0.1, 0.15) is 24.0 Å². The number of likely N-dealkylation sites (tertiary alicyclic amines) is 1. The van der Waals surface area contributed by atoms with E-state index in [4.69, 9.17) is 14.6 Å². The van der Waals surface area contributed by atoms with Gasteiger partial charge in [-0.3, -0.25) is 4.90 Å². The Labute approximate surface area is 125 Å². The van der Waals surface area contributed by atoms with E-state index in [2.05, 4.69) is 22.8 Å². The van der Waals surface area contributed by atoms with Crippen LogP contribution in [0.25, 0.3) is 0 Å². The fourth-order valence-corrected chi connectivity index (χ4v) is 3.19. The Kier molecular flexibility index (Phi) is 4.45. The molecule has 0 saturated carbocycles. The molecule has 2 fully saturated rings.